The molecule has 5 heteroatoms. The molecule has 0 aliphatic rings. The summed E-state index contributed by atoms with van der Waals surface area (Å²) in [5, 5.41) is 16.0. The Balaban J connectivity index is 2.24. The standard InChI is InChI=1S/C15H16ClN3S/c1-15(2,3)14-19-13(9-20-14)12(8-17)18-11-7-5-4-6-10(11)16/h4-7,9,12,18H,1-3H3. The second kappa shape index (κ2) is 5.82. The summed E-state index contributed by atoms with van der Waals surface area (Å²) in [6, 6.07) is 9.11. The smallest absolute Gasteiger partial charge is 0.158 e. The van der Waals surface area contributed by atoms with Crippen LogP contribution in [0.25, 0.3) is 0 Å². The minimum Gasteiger partial charge on any atom is -0.364 e. The number of benzene rings is 1. The van der Waals surface area contributed by atoms with Gasteiger partial charge in [0.1, 0.15) is 0 Å². The molecule has 0 spiro atoms. The number of rotatable bonds is 3. The lowest BCUT2D eigenvalue weighted by molar-refractivity contribution is 0.582. The van der Waals surface area contributed by atoms with Gasteiger partial charge in [0.05, 0.1) is 27.5 Å². The highest BCUT2D eigenvalue weighted by atomic mass is 35.5. The average molecular weight is 306 g/mol. The van der Waals surface area contributed by atoms with Crippen molar-refractivity contribution < 1.29 is 0 Å². The molecule has 0 saturated carbocycles. The van der Waals surface area contributed by atoms with E-state index in [9.17, 15) is 5.26 Å². The fourth-order valence-corrected chi connectivity index (χ4v) is 2.79. The van der Waals surface area contributed by atoms with Crippen molar-refractivity contribution in [1.29, 1.82) is 5.26 Å². The Hall–Kier alpha value is -1.57. The molecule has 2 rings (SSSR count). The first-order chi connectivity index (χ1) is 9.41. The fraction of sp³-hybridized carbons (Fsp3) is 0.333. The van der Waals surface area contributed by atoms with Crippen LogP contribution in [0.4, 0.5) is 5.69 Å². The molecule has 0 aliphatic heterocycles. The van der Waals surface area contributed by atoms with Crippen LogP contribution in [0.15, 0.2) is 29.6 Å². The van der Waals surface area contributed by atoms with Gasteiger partial charge in [0.15, 0.2) is 6.04 Å². The van der Waals surface area contributed by atoms with Crippen LogP contribution in [0.3, 0.4) is 0 Å². The molecule has 3 nitrogen and oxygen atoms in total. The zero-order chi connectivity index (χ0) is 14.8. The number of aromatic nitrogens is 1. The number of nitriles is 1. The van der Waals surface area contributed by atoms with E-state index in [1.54, 1.807) is 17.4 Å². The van der Waals surface area contributed by atoms with E-state index in [-0.39, 0.29) is 5.41 Å². The predicted molar refractivity (Wildman–Crippen MR) is 84.2 cm³/mol. The SMILES string of the molecule is CC(C)(C)c1nc(C(C#N)Nc2ccccc2Cl)cs1. The summed E-state index contributed by atoms with van der Waals surface area (Å²) in [4.78, 5) is 4.57. The summed E-state index contributed by atoms with van der Waals surface area (Å²) in [5.74, 6) is 0. The van der Waals surface area contributed by atoms with Crippen LogP contribution in [0.1, 0.15) is 37.5 Å². The van der Waals surface area contributed by atoms with Crippen LogP contribution in [0, 0.1) is 11.3 Å². The Morgan fingerprint density at radius 1 is 1.35 bits per heavy atom. The molecule has 0 saturated heterocycles. The lowest BCUT2D eigenvalue weighted by Gasteiger charge is -2.15. The van der Waals surface area contributed by atoms with Gasteiger partial charge >= 0.3 is 0 Å². The summed E-state index contributed by atoms with van der Waals surface area (Å²) < 4.78 is 0. The van der Waals surface area contributed by atoms with Crippen molar-refractivity contribution in [2.75, 3.05) is 5.32 Å². The van der Waals surface area contributed by atoms with Gasteiger partial charge in [-0.1, -0.05) is 44.5 Å². The maximum atomic E-state index is 9.35. The molecule has 0 aliphatic carbocycles. The van der Waals surface area contributed by atoms with E-state index in [0.717, 1.165) is 16.4 Å². The average Bonchev–Trinajstić information content (AvgIpc) is 2.87. The third-order valence-electron chi connectivity index (χ3n) is 2.76. The molecule has 1 aromatic carbocycles. The summed E-state index contributed by atoms with van der Waals surface area (Å²) in [6.45, 7) is 6.33. The number of anilines is 1. The van der Waals surface area contributed by atoms with E-state index in [4.69, 9.17) is 11.6 Å². The first-order valence-electron chi connectivity index (χ1n) is 6.28. The van der Waals surface area contributed by atoms with Gasteiger partial charge < -0.3 is 5.32 Å². The summed E-state index contributed by atoms with van der Waals surface area (Å²) in [5.41, 5.74) is 1.47. The third-order valence-corrected chi connectivity index (χ3v) is 4.38. The highest BCUT2D eigenvalue weighted by molar-refractivity contribution is 7.09. The van der Waals surface area contributed by atoms with Crippen molar-refractivity contribution in [1.82, 2.24) is 4.98 Å². The van der Waals surface area contributed by atoms with Gasteiger partial charge in [-0.3, -0.25) is 0 Å². The summed E-state index contributed by atoms with van der Waals surface area (Å²) >= 11 is 7.68. The van der Waals surface area contributed by atoms with Gasteiger partial charge in [0.25, 0.3) is 0 Å². The van der Waals surface area contributed by atoms with Crippen molar-refractivity contribution >= 4 is 28.6 Å². The minimum absolute atomic E-state index is 0.00663. The second-order valence-corrected chi connectivity index (χ2v) is 6.78. The largest absolute Gasteiger partial charge is 0.364 e. The number of para-hydroxylation sites is 1. The van der Waals surface area contributed by atoms with Gasteiger partial charge in [0, 0.05) is 10.8 Å². The number of nitrogens with zero attached hydrogens (tertiary/aromatic N) is 2. The van der Waals surface area contributed by atoms with Gasteiger partial charge in [-0.2, -0.15) is 5.26 Å². The summed E-state index contributed by atoms with van der Waals surface area (Å²) in [7, 11) is 0. The van der Waals surface area contributed by atoms with E-state index in [0.29, 0.717) is 5.02 Å². The molecule has 20 heavy (non-hydrogen) atoms. The van der Waals surface area contributed by atoms with Gasteiger partial charge in [-0.25, -0.2) is 4.98 Å². The van der Waals surface area contributed by atoms with Crippen LogP contribution in [0.2, 0.25) is 5.02 Å². The van der Waals surface area contributed by atoms with Gasteiger partial charge in [-0.05, 0) is 12.1 Å². The quantitative estimate of drug-likeness (QED) is 0.888. The predicted octanol–water partition coefficient (Wildman–Crippen LogP) is 4.77. The number of nitrogens with one attached hydrogen (secondary N) is 1. The number of halogens is 1. The molecule has 1 unspecified atom stereocenters. The Morgan fingerprint density at radius 2 is 2.05 bits per heavy atom. The van der Waals surface area contributed by atoms with Crippen molar-refractivity contribution in [3.8, 4) is 6.07 Å². The highest BCUT2D eigenvalue weighted by Gasteiger charge is 2.21. The van der Waals surface area contributed by atoms with E-state index in [1.807, 2.05) is 23.6 Å². The van der Waals surface area contributed by atoms with Crippen LogP contribution in [0.5, 0.6) is 0 Å². The van der Waals surface area contributed by atoms with E-state index < -0.39 is 6.04 Å². The molecule has 104 valence electrons. The molecular formula is C15H16ClN3S. The van der Waals surface area contributed by atoms with Gasteiger partial charge in [0.2, 0.25) is 0 Å². The topological polar surface area (TPSA) is 48.7 Å². The Labute approximate surface area is 128 Å². The lowest BCUT2D eigenvalue weighted by Crippen LogP contribution is -2.13. The van der Waals surface area contributed by atoms with E-state index in [1.165, 1.54) is 0 Å². The molecule has 1 N–H and O–H groups in total. The highest BCUT2D eigenvalue weighted by Crippen LogP contribution is 2.30. The molecular weight excluding hydrogens is 290 g/mol. The van der Waals surface area contributed by atoms with E-state index >= 15 is 0 Å². The number of hydrogen-bond donors (Lipinski definition) is 1. The van der Waals surface area contributed by atoms with Crippen LogP contribution in [-0.2, 0) is 5.41 Å². The molecule has 1 aromatic heterocycles. The monoisotopic (exact) mass is 305 g/mol. The van der Waals surface area contributed by atoms with E-state index in [2.05, 4.69) is 37.1 Å². The molecule has 2 aromatic rings. The number of thiazole rings is 1. The molecule has 0 amide bonds. The van der Waals surface area contributed by atoms with Crippen molar-refractivity contribution in [3.05, 3.63) is 45.4 Å². The molecule has 1 atom stereocenters. The number of hydrogen-bond acceptors (Lipinski definition) is 4. The minimum atomic E-state index is -0.498. The molecule has 0 radical (unpaired) electrons. The van der Waals surface area contributed by atoms with Crippen molar-refractivity contribution in [2.24, 2.45) is 0 Å². The second-order valence-electron chi connectivity index (χ2n) is 5.51. The first kappa shape index (κ1) is 14.8. The third kappa shape index (κ3) is 3.30. The fourth-order valence-electron chi connectivity index (χ4n) is 1.67. The Morgan fingerprint density at radius 3 is 2.60 bits per heavy atom. The Kier molecular flexibility index (Phi) is 4.32. The van der Waals surface area contributed by atoms with Crippen molar-refractivity contribution in [2.45, 2.75) is 32.2 Å². The first-order valence-corrected chi connectivity index (χ1v) is 7.54. The molecule has 1 heterocycles. The maximum Gasteiger partial charge on any atom is 0.158 e. The van der Waals surface area contributed by atoms with Crippen LogP contribution < -0.4 is 5.32 Å². The zero-order valence-corrected chi connectivity index (χ0v) is 13.2. The Bertz CT molecular complexity index is 637. The lowest BCUT2D eigenvalue weighted by atomic mass is 9.98. The molecule has 0 bridgehead atoms. The normalized spacial score (nSPS) is 12.8. The van der Waals surface area contributed by atoms with Crippen LogP contribution in [-0.4, -0.2) is 4.98 Å². The zero-order valence-electron chi connectivity index (χ0n) is 11.6. The van der Waals surface area contributed by atoms with Gasteiger partial charge in [-0.15, -0.1) is 11.3 Å². The van der Waals surface area contributed by atoms with Crippen LogP contribution >= 0.6 is 22.9 Å². The molecule has 0 fully saturated rings. The van der Waals surface area contributed by atoms with Crippen molar-refractivity contribution in [3.63, 3.8) is 0 Å². The summed E-state index contributed by atoms with van der Waals surface area (Å²) in [6.07, 6.45) is 0. The maximum absolute atomic E-state index is 9.35.